The molecule has 3 nitrogen and oxygen atoms in total. The van der Waals surface area contributed by atoms with Crippen molar-refractivity contribution in [1.29, 1.82) is 0 Å². The van der Waals surface area contributed by atoms with Crippen LogP contribution < -0.4 is 11.3 Å². The van der Waals surface area contributed by atoms with Gasteiger partial charge in [-0.15, -0.1) is 11.8 Å². The highest BCUT2D eigenvalue weighted by molar-refractivity contribution is 7.99. The Morgan fingerprint density at radius 3 is 2.88 bits per heavy atom. The number of nitrogens with two attached hydrogens (primary N) is 1. The Bertz CT molecular complexity index is 312. The molecule has 5 heteroatoms. The van der Waals surface area contributed by atoms with E-state index in [1.54, 1.807) is 12.1 Å². The number of hydrogen-bond donors (Lipinski definition) is 2. The van der Waals surface area contributed by atoms with Gasteiger partial charge in [-0.3, -0.25) is 11.3 Å². The van der Waals surface area contributed by atoms with Crippen LogP contribution in [0.2, 0.25) is 0 Å². The third-order valence-corrected chi connectivity index (χ3v) is 3.25. The summed E-state index contributed by atoms with van der Waals surface area (Å²) in [5.41, 5.74) is 2.66. The zero-order chi connectivity index (χ0) is 11.8. The van der Waals surface area contributed by atoms with E-state index in [-0.39, 0.29) is 11.9 Å². The van der Waals surface area contributed by atoms with Crippen LogP contribution in [0, 0.1) is 5.82 Å². The summed E-state index contributed by atoms with van der Waals surface area (Å²) in [6, 6.07) is 6.74. The first-order valence-corrected chi connectivity index (χ1v) is 6.17. The number of thioether (sulfide) groups is 1. The molecule has 0 amide bonds. The lowest BCUT2D eigenvalue weighted by molar-refractivity contribution is 0.129. The minimum Gasteiger partial charge on any atom is -0.380 e. The van der Waals surface area contributed by atoms with Crippen LogP contribution in [0.3, 0.4) is 0 Å². The van der Waals surface area contributed by atoms with E-state index in [0.29, 0.717) is 23.9 Å². The third kappa shape index (κ3) is 4.49. The van der Waals surface area contributed by atoms with Gasteiger partial charge in [0.2, 0.25) is 0 Å². The van der Waals surface area contributed by atoms with Crippen molar-refractivity contribution in [3.63, 3.8) is 0 Å². The largest absolute Gasteiger partial charge is 0.380 e. The second kappa shape index (κ2) is 7.62. The number of hydrogen-bond acceptors (Lipinski definition) is 4. The van der Waals surface area contributed by atoms with Crippen LogP contribution in [-0.2, 0) is 4.74 Å². The lowest BCUT2D eigenvalue weighted by Gasteiger charge is -2.15. The maximum Gasteiger partial charge on any atom is 0.136 e. The topological polar surface area (TPSA) is 47.3 Å². The number of rotatable bonds is 7. The predicted octanol–water partition coefficient (Wildman–Crippen LogP) is 1.79. The lowest BCUT2D eigenvalue weighted by Crippen LogP contribution is -2.40. The molecule has 0 heterocycles. The van der Waals surface area contributed by atoms with Crippen LogP contribution >= 0.6 is 11.8 Å². The highest BCUT2D eigenvalue weighted by atomic mass is 32.2. The molecule has 0 aliphatic heterocycles. The Kier molecular flexibility index (Phi) is 6.40. The fraction of sp³-hybridized carbons (Fsp3) is 0.455. The molecule has 0 radical (unpaired) electrons. The molecule has 0 fully saturated rings. The summed E-state index contributed by atoms with van der Waals surface area (Å²) >= 11 is 1.43. The van der Waals surface area contributed by atoms with Gasteiger partial charge in [-0.05, 0) is 19.1 Å². The molecular weight excluding hydrogens is 227 g/mol. The van der Waals surface area contributed by atoms with Crippen molar-refractivity contribution in [1.82, 2.24) is 5.43 Å². The van der Waals surface area contributed by atoms with Crippen LogP contribution in [0.4, 0.5) is 4.39 Å². The van der Waals surface area contributed by atoms with Crippen LogP contribution in [0.5, 0.6) is 0 Å². The quantitative estimate of drug-likeness (QED) is 0.436. The van der Waals surface area contributed by atoms with Gasteiger partial charge in [0.25, 0.3) is 0 Å². The fourth-order valence-corrected chi connectivity index (χ4v) is 2.11. The number of halogens is 1. The van der Waals surface area contributed by atoms with Crippen molar-refractivity contribution in [2.75, 3.05) is 19.0 Å². The van der Waals surface area contributed by atoms with Gasteiger partial charge in [0.05, 0.1) is 12.6 Å². The van der Waals surface area contributed by atoms with Gasteiger partial charge in [0.1, 0.15) is 5.82 Å². The van der Waals surface area contributed by atoms with Gasteiger partial charge in [-0.25, -0.2) is 4.39 Å². The van der Waals surface area contributed by atoms with E-state index in [9.17, 15) is 4.39 Å². The molecule has 0 spiro atoms. The fourth-order valence-electron chi connectivity index (χ4n) is 1.16. The summed E-state index contributed by atoms with van der Waals surface area (Å²) in [4.78, 5) is 0.638. The van der Waals surface area contributed by atoms with E-state index in [1.165, 1.54) is 17.8 Å². The molecule has 1 aromatic rings. The zero-order valence-corrected chi connectivity index (χ0v) is 10.1. The Balaban J connectivity index is 2.40. The minimum atomic E-state index is -0.195. The number of ether oxygens (including phenoxy) is 1. The maximum atomic E-state index is 13.3. The maximum absolute atomic E-state index is 13.3. The van der Waals surface area contributed by atoms with E-state index >= 15 is 0 Å². The molecule has 90 valence electrons. The SMILES string of the molecule is CCOCC(CSc1ccccc1F)NN. The normalized spacial score (nSPS) is 12.7. The first kappa shape index (κ1) is 13.4. The number of nitrogens with one attached hydrogen (secondary N) is 1. The standard InChI is InChI=1S/C11H17FN2OS/c1-2-15-7-9(14-13)8-16-11-6-4-3-5-10(11)12/h3-6,9,14H,2,7-8,13H2,1H3. The highest BCUT2D eigenvalue weighted by Crippen LogP contribution is 2.21. The van der Waals surface area contributed by atoms with Crippen LogP contribution in [0.25, 0.3) is 0 Å². The first-order chi connectivity index (χ1) is 7.77. The zero-order valence-electron chi connectivity index (χ0n) is 9.28. The Morgan fingerprint density at radius 1 is 1.50 bits per heavy atom. The van der Waals surface area contributed by atoms with Crippen molar-refractivity contribution < 1.29 is 9.13 Å². The van der Waals surface area contributed by atoms with Crippen LogP contribution in [0.15, 0.2) is 29.2 Å². The minimum absolute atomic E-state index is 0.0320. The van der Waals surface area contributed by atoms with E-state index in [2.05, 4.69) is 5.43 Å². The van der Waals surface area contributed by atoms with Crippen molar-refractivity contribution in [2.45, 2.75) is 17.9 Å². The van der Waals surface area contributed by atoms with Gasteiger partial charge in [-0.1, -0.05) is 12.1 Å². The Hall–Kier alpha value is -0.620. The molecule has 0 aromatic heterocycles. The van der Waals surface area contributed by atoms with Gasteiger partial charge < -0.3 is 4.74 Å². The molecule has 0 aliphatic rings. The molecule has 0 saturated heterocycles. The van der Waals surface area contributed by atoms with Gasteiger partial charge in [0.15, 0.2) is 0 Å². The highest BCUT2D eigenvalue weighted by Gasteiger charge is 2.09. The summed E-state index contributed by atoms with van der Waals surface area (Å²) in [6.07, 6.45) is 0. The molecule has 16 heavy (non-hydrogen) atoms. The van der Waals surface area contributed by atoms with Crippen molar-refractivity contribution >= 4 is 11.8 Å². The second-order valence-electron chi connectivity index (χ2n) is 3.26. The third-order valence-electron chi connectivity index (χ3n) is 2.04. The molecule has 0 saturated carbocycles. The number of benzene rings is 1. The van der Waals surface area contributed by atoms with Crippen molar-refractivity contribution in [3.8, 4) is 0 Å². The summed E-state index contributed by atoms with van der Waals surface area (Å²) in [5.74, 6) is 5.86. The second-order valence-corrected chi connectivity index (χ2v) is 4.33. The molecule has 3 N–H and O–H groups in total. The molecule has 1 aromatic carbocycles. The Labute approximate surface area is 99.5 Å². The molecule has 1 rings (SSSR count). The predicted molar refractivity (Wildman–Crippen MR) is 64.7 cm³/mol. The van der Waals surface area contributed by atoms with Gasteiger partial charge in [-0.2, -0.15) is 0 Å². The molecule has 1 atom stereocenters. The molecule has 1 unspecified atom stereocenters. The average molecular weight is 244 g/mol. The van der Waals surface area contributed by atoms with Gasteiger partial charge >= 0.3 is 0 Å². The van der Waals surface area contributed by atoms with Crippen molar-refractivity contribution in [3.05, 3.63) is 30.1 Å². The van der Waals surface area contributed by atoms with Crippen molar-refractivity contribution in [2.24, 2.45) is 5.84 Å². The van der Waals surface area contributed by atoms with Crippen LogP contribution in [-0.4, -0.2) is 25.0 Å². The monoisotopic (exact) mass is 244 g/mol. The summed E-state index contributed by atoms with van der Waals surface area (Å²) < 4.78 is 18.5. The summed E-state index contributed by atoms with van der Waals surface area (Å²) in [7, 11) is 0. The molecular formula is C11H17FN2OS. The van der Waals surface area contributed by atoms with E-state index in [4.69, 9.17) is 10.6 Å². The smallest absolute Gasteiger partial charge is 0.136 e. The summed E-state index contributed by atoms with van der Waals surface area (Å²) in [5, 5.41) is 0. The van der Waals surface area contributed by atoms with E-state index < -0.39 is 0 Å². The van der Waals surface area contributed by atoms with Gasteiger partial charge in [0, 0.05) is 17.3 Å². The first-order valence-electron chi connectivity index (χ1n) is 5.19. The number of hydrazine groups is 1. The van der Waals surface area contributed by atoms with E-state index in [1.807, 2.05) is 13.0 Å². The van der Waals surface area contributed by atoms with E-state index in [0.717, 1.165) is 0 Å². The lowest BCUT2D eigenvalue weighted by atomic mass is 10.3. The average Bonchev–Trinajstić information content (AvgIpc) is 2.31. The Morgan fingerprint density at radius 2 is 2.25 bits per heavy atom. The molecule has 0 aliphatic carbocycles. The molecule has 0 bridgehead atoms. The van der Waals surface area contributed by atoms with Crippen LogP contribution in [0.1, 0.15) is 6.92 Å². The summed E-state index contributed by atoms with van der Waals surface area (Å²) in [6.45, 7) is 3.12.